The predicted octanol–water partition coefficient (Wildman–Crippen LogP) is 13.2. The highest BCUT2D eigenvalue weighted by molar-refractivity contribution is 5.99. The first-order valence-corrected chi connectivity index (χ1v) is 20.0. The van der Waals surface area contributed by atoms with E-state index in [0.29, 0.717) is 34.9 Å². The fourth-order valence-corrected chi connectivity index (χ4v) is 7.42. The summed E-state index contributed by atoms with van der Waals surface area (Å²) in [6, 6.07) is 66.9. The van der Waals surface area contributed by atoms with Crippen LogP contribution < -0.4 is 0 Å². The molecular weight excluding hydrogens is 733 g/mol. The smallest absolute Gasteiger partial charge is 0.164 e. The molecular formula is C54H38N6. The Morgan fingerprint density at radius 1 is 0.250 bits per heavy atom. The number of rotatable bonds is 8. The van der Waals surface area contributed by atoms with Crippen LogP contribution in [0, 0.1) is 13.8 Å². The summed E-state index contributed by atoms with van der Waals surface area (Å²) in [5.41, 5.74) is 12.5. The molecule has 0 N–H and O–H groups in total. The maximum absolute atomic E-state index is 4.96. The highest BCUT2D eigenvalue weighted by atomic mass is 15.0. The van der Waals surface area contributed by atoms with E-state index in [2.05, 4.69) is 147 Å². The van der Waals surface area contributed by atoms with Crippen molar-refractivity contribution in [2.75, 3.05) is 0 Å². The predicted molar refractivity (Wildman–Crippen MR) is 244 cm³/mol. The lowest BCUT2D eigenvalue weighted by atomic mass is 9.94. The summed E-state index contributed by atoms with van der Waals surface area (Å²) in [5, 5.41) is 2.35. The molecule has 0 saturated heterocycles. The SMILES string of the molecule is Cc1ccc(-c2nc(-c3ccccc3)nc(-c3ccc(-c4ccc5cccc(-c6ccc(-c7nc(-c8ccccc8)nc(-c8ccc(C)cc8)n7)cc6)c5c4)cc3)n2)cc1. The fraction of sp³-hybridized carbons (Fsp3) is 0.0370. The van der Waals surface area contributed by atoms with Crippen molar-refractivity contribution in [3.8, 4) is 90.6 Å². The molecule has 6 nitrogen and oxygen atoms in total. The Morgan fingerprint density at radius 2 is 0.583 bits per heavy atom. The highest BCUT2D eigenvalue weighted by Crippen LogP contribution is 2.35. The Morgan fingerprint density at radius 3 is 1.00 bits per heavy atom. The number of hydrogen-bond donors (Lipinski definition) is 0. The second-order valence-electron chi connectivity index (χ2n) is 15.0. The van der Waals surface area contributed by atoms with Gasteiger partial charge in [-0.2, -0.15) is 0 Å². The fourth-order valence-electron chi connectivity index (χ4n) is 7.42. The molecule has 284 valence electrons. The average molecular weight is 771 g/mol. The van der Waals surface area contributed by atoms with Gasteiger partial charge in [0.25, 0.3) is 0 Å². The quantitative estimate of drug-likeness (QED) is 0.153. The van der Waals surface area contributed by atoms with Crippen LogP contribution in [0.2, 0.25) is 0 Å². The lowest BCUT2D eigenvalue weighted by molar-refractivity contribution is 1.07. The molecule has 2 aromatic heterocycles. The lowest BCUT2D eigenvalue weighted by Crippen LogP contribution is -2.00. The van der Waals surface area contributed by atoms with Crippen LogP contribution in [0.4, 0.5) is 0 Å². The van der Waals surface area contributed by atoms with Gasteiger partial charge in [0, 0.05) is 33.4 Å². The molecule has 0 aliphatic carbocycles. The Hall–Kier alpha value is -7.96. The van der Waals surface area contributed by atoms with Gasteiger partial charge >= 0.3 is 0 Å². The maximum Gasteiger partial charge on any atom is 0.164 e. The first-order chi connectivity index (χ1) is 29.5. The first-order valence-electron chi connectivity index (χ1n) is 20.0. The molecule has 0 aliphatic rings. The Balaban J connectivity index is 0.974. The third-order valence-electron chi connectivity index (χ3n) is 10.8. The van der Waals surface area contributed by atoms with Crippen molar-refractivity contribution in [3.05, 3.63) is 205 Å². The minimum absolute atomic E-state index is 0.634. The summed E-state index contributed by atoms with van der Waals surface area (Å²) >= 11 is 0. The van der Waals surface area contributed by atoms with Crippen LogP contribution in [0.15, 0.2) is 194 Å². The van der Waals surface area contributed by atoms with Crippen LogP contribution in [0.25, 0.3) is 101 Å². The van der Waals surface area contributed by atoms with E-state index in [9.17, 15) is 0 Å². The Bertz CT molecular complexity index is 3110. The number of hydrogen-bond acceptors (Lipinski definition) is 6. The molecule has 0 unspecified atom stereocenters. The summed E-state index contributed by atoms with van der Waals surface area (Å²) < 4.78 is 0. The van der Waals surface area contributed by atoms with Crippen LogP contribution in [0.3, 0.4) is 0 Å². The topological polar surface area (TPSA) is 77.3 Å². The van der Waals surface area contributed by atoms with E-state index in [0.717, 1.165) is 55.6 Å². The number of aryl methyl sites for hydroxylation is 2. The molecule has 6 heteroatoms. The van der Waals surface area contributed by atoms with E-state index in [4.69, 9.17) is 29.9 Å². The van der Waals surface area contributed by atoms with Crippen molar-refractivity contribution in [1.29, 1.82) is 0 Å². The molecule has 0 saturated carbocycles. The van der Waals surface area contributed by atoms with Crippen molar-refractivity contribution in [3.63, 3.8) is 0 Å². The van der Waals surface area contributed by atoms with E-state index in [-0.39, 0.29) is 0 Å². The summed E-state index contributed by atoms with van der Waals surface area (Å²) in [5.74, 6) is 3.86. The van der Waals surface area contributed by atoms with Gasteiger partial charge in [-0.1, -0.05) is 199 Å². The molecule has 0 fully saturated rings. The molecule has 0 bridgehead atoms. The normalized spacial score (nSPS) is 11.2. The van der Waals surface area contributed by atoms with Gasteiger partial charge in [0.2, 0.25) is 0 Å². The third-order valence-corrected chi connectivity index (χ3v) is 10.8. The van der Waals surface area contributed by atoms with Gasteiger partial charge in [-0.15, -0.1) is 0 Å². The van der Waals surface area contributed by atoms with Crippen molar-refractivity contribution in [1.82, 2.24) is 29.9 Å². The van der Waals surface area contributed by atoms with E-state index < -0.39 is 0 Å². The van der Waals surface area contributed by atoms with E-state index >= 15 is 0 Å². The Labute approximate surface area is 349 Å². The number of aromatic nitrogens is 6. The van der Waals surface area contributed by atoms with Crippen LogP contribution in [-0.4, -0.2) is 29.9 Å². The number of fused-ring (bicyclic) bond motifs is 1. The Kier molecular flexibility index (Phi) is 9.56. The van der Waals surface area contributed by atoms with Crippen LogP contribution in [0.1, 0.15) is 11.1 Å². The minimum atomic E-state index is 0.634. The second kappa shape index (κ2) is 15.8. The molecule has 10 aromatic rings. The molecule has 8 aromatic carbocycles. The lowest BCUT2D eigenvalue weighted by Gasteiger charge is -2.12. The summed E-state index contributed by atoms with van der Waals surface area (Å²) in [7, 11) is 0. The molecule has 0 radical (unpaired) electrons. The van der Waals surface area contributed by atoms with Gasteiger partial charge in [0.15, 0.2) is 34.9 Å². The van der Waals surface area contributed by atoms with Crippen LogP contribution in [0.5, 0.6) is 0 Å². The van der Waals surface area contributed by atoms with Gasteiger partial charge in [0.1, 0.15) is 0 Å². The minimum Gasteiger partial charge on any atom is -0.208 e. The molecule has 0 spiro atoms. The van der Waals surface area contributed by atoms with Crippen molar-refractivity contribution >= 4 is 10.8 Å². The van der Waals surface area contributed by atoms with Crippen molar-refractivity contribution < 1.29 is 0 Å². The van der Waals surface area contributed by atoms with E-state index in [1.54, 1.807) is 0 Å². The zero-order valence-corrected chi connectivity index (χ0v) is 33.2. The zero-order chi connectivity index (χ0) is 40.4. The van der Waals surface area contributed by atoms with Gasteiger partial charge in [-0.25, -0.2) is 29.9 Å². The first kappa shape index (κ1) is 36.4. The largest absolute Gasteiger partial charge is 0.208 e. The highest BCUT2D eigenvalue weighted by Gasteiger charge is 2.15. The third kappa shape index (κ3) is 7.46. The van der Waals surface area contributed by atoms with Gasteiger partial charge in [0.05, 0.1) is 0 Å². The number of nitrogens with zero attached hydrogens (tertiary/aromatic N) is 6. The number of benzene rings is 8. The zero-order valence-electron chi connectivity index (χ0n) is 33.2. The van der Waals surface area contributed by atoms with Crippen molar-refractivity contribution in [2.45, 2.75) is 13.8 Å². The second-order valence-corrected chi connectivity index (χ2v) is 15.0. The molecule has 0 amide bonds. The summed E-state index contributed by atoms with van der Waals surface area (Å²) in [4.78, 5) is 29.5. The molecule has 60 heavy (non-hydrogen) atoms. The monoisotopic (exact) mass is 770 g/mol. The molecule has 10 rings (SSSR count). The van der Waals surface area contributed by atoms with E-state index in [1.165, 1.54) is 21.9 Å². The van der Waals surface area contributed by atoms with Crippen LogP contribution in [-0.2, 0) is 0 Å². The van der Waals surface area contributed by atoms with Crippen molar-refractivity contribution in [2.24, 2.45) is 0 Å². The van der Waals surface area contributed by atoms with Gasteiger partial charge in [-0.3, -0.25) is 0 Å². The average Bonchev–Trinajstić information content (AvgIpc) is 3.32. The van der Waals surface area contributed by atoms with E-state index in [1.807, 2.05) is 60.7 Å². The molecule has 0 atom stereocenters. The standard InChI is InChI=1S/C54H38N6/c1-35-16-20-42(21-17-35)51-55-49(40-10-5-3-6-11-40)57-53(59-51)44-29-24-37(25-30-44)46-33-28-38-14-9-15-47(48(38)34-46)39-26-31-45(32-27-39)54-58-50(41-12-7-4-8-13-41)56-52(60-54)43-22-18-36(2)19-23-43/h3-34H,1-2H3. The molecule has 0 aliphatic heterocycles. The maximum atomic E-state index is 4.96. The molecule has 2 heterocycles. The summed E-state index contributed by atoms with van der Waals surface area (Å²) in [6.45, 7) is 4.16. The van der Waals surface area contributed by atoms with Gasteiger partial charge < -0.3 is 0 Å². The van der Waals surface area contributed by atoms with Gasteiger partial charge in [-0.05, 0) is 52.9 Å². The van der Waals surface area contributed by atoms with Crippen LogP contribution >= 0.6 is 0 Å². The summed E-state index contributed by atoms with van der Waals surface area (Å²) in [6.07, 6.45) is 0.